The van der Waals surface area contributed by atoms with Crippen LogP contribution in [0, 0.1) is 0 Å². The molecule has 0 aliphatic carbocycles. The summed E-state index contributed by atoms with van der Waals surface area (Å²) in [6.07, 6.45) is 1.42. The van der Waals surface area contributed by atoms with E-state index in [0.29, 0.717) is 41.6 Å². The lowest BCUT2D eigenvalue weighted by atomic mass is 10.2. The van der Waals surface area contributed by atoms with Crippen LogP contribution in [0.25, 0.3) is 11.2 Å². The van der Waals surface area contributed by atoms with Gasteiger partial charge in [-0.1, -0.05) is 29.8 Å². The third-order valence-corrected chi connectivity index (χ3v) is 4.87. The number of aromatic nitrogens is 4. The van der Waals surface area contributed by atoms with Gasteiger partial charge in [-0.2, -0.15) is 4.98 Å². The van der Waals surface area contributed by atoms with Gasteiger partial charge in [0.15, 0.2) is 11.2 Å². The fourth-order valence-corrected chi connectivity index (χ4v) is 3.16. The molecular formula is C18H22ClN5O3. The van der Waals surface area contributed by atoms with Gasteiger partial charge in [0, 0.05) is 32.3 Å². The van der Waals surface area contributed by atoms with Crippen molar-refractivity contribution >= 4 is 28.7 Å². The van der Waals surface area contributed by atoms with Crippen molar-refractivity contribution in [3.05, 3.63) is 55.7 Å². The highest BCUT2D eigenvalue weighted by Gasteiger charge is 2.19. The lowest BCUT2D eigenvalue weighted by Crippen LogP contribution is -2.37. The van der Waals surface area contributed by atoms with Crippen molar-refractivity contribution in [3.63, 3.8) is 0 Å². The van der Waals surface area contributed by atoms with Crippen molar-refractivity contribution in [2.24, 2.45) is 14.1 Å². The molecule has 0 amide bonds. The molecule has 3 rings (SSSR count). The van der Waals surface area contributed by atoms with Crippen molar-refractivity contribution < 1.29 is 5.11 Å². The van der Waals surface area contributed by atoms with Crippen molar-refractivity contribution in [2.45, 2.75) is 19.4 Å². The summed E-state index contributed by atoms with van der Waals surface area (Å²) >= 11 is 6.30. The molecule has 0 fully saturated rings. The number of aryl methyl sites for hydroxylation is 1. The third kappa shape index (κ3) is 3.63. The first-order valence-corrected chi connectivity index (χ1v) is 9.08. The van der Waals surface area contributed by atoms with Crippen LogP contribution in [0.15, 0.2) is 33.9 Å². The van der Waals surface area contributed by atoms with Crippen LogP contribution >= 0.6 is 11.6 Å². The lowest BCUT2D eigenvalue weighted by molar-refractivity contribution is 0.286. The maximum absolute atomic E-state index is 12.8. The van der Waals surface area contributed by atoms with Gasteiger partial charge in [-0.25, -0.2) is 4.79 Å². The molecule has 1 aromatic carbocycles. The van der Waals surface area contributed by atoms with Crippen LogP contribution in [0.5, 0.6) is 0 Å². The van der Waals surface area contributed by atoms with Crippen LogP contribution in [0.1, 0.15) is 18.4 Å². The lowest BCUT2D eigenvalue weighted by Gasteiger charge is -2.12. The Bertz CT molecular complexity index is 1080. The zero-order chi connectivity index (χ0) is 19.6. The van der Waals surface area contributed by atoms with Gasteiger partial charge in [-0.3, -0.25) is 18.5 Å². The Morgan fingerprint density at radius 2 is 1.89 bits per heavy atom. The highest BCUT2D eigenvalue weighted by molar-refractivity contribution is 6.31. The van der Waals surface area contributed by atoms with Gasteiger partial charge in [0.2, 0.25) is 5.95 Å². The van der Waals surface area contributed by atoms with E-state index in [4.69, 9.17) is 16.7 Å². The summed E-state index contributed by atoms with van der Waals surface area (Å²) in [4.78, 5) is 29.5. The van der Waals surface area contributed by atoms with Crippen molar-refractivity contribution in [2.75, 3.05) is 18.5 Å². The number of hydrogen-bond acceptors (Lipinski definition) is 5. The number of halogens is 1. The van der Waals surface area contributed by atoms with Crippen LogP contribution < -0.4 is 16.6 Å². The maximum atomic E-state index is 12.8. The fraction of sp³-hybridized carbons (Fsp3) is 0.389. The van der Waals surface area contributed by atoms with E-state index in [1.807, 2.05) is 18.2 Å². The molecule has 8 nitrogen and oxygen atoms in total. The molecule has 0 atom stereocenters. The first-order valence-electron chi connectivity index (χ1n) is 8.70. The van der Waals surface area contributed by atoms with E-state index in [2.05, 4.69) is 10.3 Å². The maximum Gasteiger partial charge on any atom is 0.332 e. The number of anilines is 1. The SMILES string of the molecule is Cn1c(=O)c2c(nc(NCCCCO)n2Cc2ccccc2Cl)n(C)c1=O. The molecule has 2 heterocycles. The average Bonchev–Trinajstić information content (AvgIpc) is 3.02. The normalized spacial score (nSPS) is 11.3. The molecule has 2 N–H and O–H groups in total. The summed E-state index contributed by atoms with van der Waals surface area (Å²) in [5.74, 6) is 0.487. The van der Waals surface area contributed by atoms with Gasteiger partial charge in [0.05, 0.1) is 6.54 Å². The molecule has 0 saturated heterocycles. The Morgan fingerprint density at radius 3 is 2.59 bits per heavy atom. The Labute approximate surface area is 160 Å². The molecule has 0 radical (unpaired) electrons. The van der Waals surface area contributed by atoms with E-state index >= 15 is 0 Å². The molecule has 144 valence electrons. The summed E-state index contributed by atoms with van der Waals surface area (Å²) in [5.41, 5.74) is 0.662. The predicted molar refractivity (Wildman–Crippen MR) is 106 cm³/mol. The van der Waals surface area contributed by atoms with Crippen LogP contribution in [-0.4, -0.2) is 36.9 Å². The predicted octanol–water partition coefficient (Wildman–Crippen LogP) is 1.32. The van der Waals surface area contributed by atoms with Gasteiger partial charge in [0.1, 0.15) is 0 Å². The second-order valence-electron chi connectivity index (χ2n) is 6.35. The first kappa shape index (κ1) is 19.2. The van der Waals surface area contributed by atoms with Crippen molar-refractivity contribution in [1.82, 2.24) is 18.7 Å². The Kier molecular flexibility index (Phi) is 5.67. The van der Waals surface area contributed by atoms with Crippen LogP contribution in [0.4, 0.5) is 5.95 Å². The number of fused-ring (bicyclic) bond motifs is 1. The molecule has 0 unspecified atom stereocenters. The number of unbranched alkanes of at least 4 members (excludes halogenated alkanes) is 1. The number of hydrogen-bond donors (Lipinski definition) is 2. The zero-order valence-electron chi connectivity index (χ0n) is 15.3. The molecule has 0 aliphatic rings. The molecule has 2 aromatic heterocycles. The fourth-order valence-electron chi connectivity index (χ4n) is 2.97. The van der Waals surface area contributed by atoms with Gasteiger partial charge in [-0.15, -0.1) is 0 Å². The number of aliphatic hydroxyl groups is 1. The largest absolute Gasteiger partial charge is 0.396 e. The average molecular weight is 392 g/mol. The summed E-state index contributed by atoms with van der Waals surface area (Å²) < 4.78 is 4.18. The number of aliphatic hydroxyl groups excluding tert-OH is 1. The van der Waals surface area contributed by atoms with Gasteiger partial charge in [-0.05, 0) is 24.5 Å². The van der Waals surface area contributed by atoms with E-state index in [1.54, 1.807) is 17.7 Å². The molecule has 9 heteroatoms. The molecular weight excluding hydrogens is 370 g/mol. The highest BCUT2D eigenvalue weighted by atomic mass is 35.5. The van der Waals surface area contributed by atoms with Gasteiger partial charge >= 0.3 is 5.69 Å². The number of nitrogens with zero attached hydrogens (tertiary/aromatic N) is 4. The number of benzene rings is 1. The second-order valence-corrected chi connectivity index (χ2v) is 6.76. The van der Waals surface area contributed by atoms with Crippen LogP contribution in [-0.2, 0) is 20.6 Å². The quantitative estimate of drug-likeness (QED) is 0.592. The Morgan fingerprint density at radius 1 is 1.15 bits per heavy atom. The second kappa shape index (κ2) is 7.98. The molecule has 27 heavy (non-hydrogen) atoms. The summed E-state index contributed by atoms with van der Waals surface area (Å²) in [5, 5.41) is 12.7. The van der Waals surface area contributed by atoms with Crippen LogP contribution in [0.2, 0.25) is 5.02 Å². The van der Waals surface area contributed by atoms with E-state index in [-0.39, 0.29) is 6.61 Å². The van der Waals surface area contributed by atoms with Gasteiger partial charge < -0.3 is 10.4 Å². The monoisotopic (exact) mass is 391 g/mol. The number of rotatable bonds is 7. The first-order chi connectivity index (χ1) is 13.0. The minimum atomic E-state index is -0.429. The highest BCUT2D eigenvalue weighted by Crippen LogP contribution is 2.22. The summed E-state index contributed by atoms with van der Waals surface area (Å²) in [7, 11) is 3.04. The minimum Gasteiger partial charge on any atom is -0.396 e. The van der Waals surface area contributed by atoms with E-state index in [0.717, 1.165) is 16.6 Å². The minimum absolute atomic E-state index is 0.118. The Hall–Kier alpha value is -2.58. The van der Waals surface area contributed by atoms with Crippen molar-refractivity contribution in [3.8, 4) is 0 Å². The van der Waals surface area contributed by atoms with Gasteiger partial charge in [0.25, 0.3) is 5.56 Å². The number of nitrogens with one attached hydrogen (secondary N) is 1. The van der Waals surface area contributed by atoms with E-state index in [1.165, 1.54) is 11.6 Å². The molecule has 0 spiro atoms. The van der Waals surface area contributed by atoms with E-state index in [9.17, 15) is 9.59 Å². The topological polar surface area (TPSA) is 94.1 Å². The zero-order valence-corrected chi connectivity index (χ0v) is 16.0. The molecule has 0 aliphatic heterocycles. The number of imidazole rings is 1. The molecule has 0 saturated carbocycles. The smallest absolute Gasteiger partial charge is 0.332 e. The standard InChI is InChI=1S/C18H22ClN5O3/c1-22-15-14(16(26)23(2)18(22)27)24(11-12-7-3-4-8-13(12)19)17(21-15)20-9-5-6-10-25/h3-4,7-8,25H,5-6,9-11H2,1-2H3,(H,20,21). The van der Waals surface area contributed by atoms with Crippen LogP contribution in [0.3, 0.4) is 0 Å². The summed E-state index contributed by atoms with van der Waals surface area (Å²) in [6, 6.07) is 7.39. The Balaban J connectivity index is 2.16. The third-order valence-electron chi connectivity index (χ3n) is 4.50. The summed E-state index contributed by atoms with van der Waals surface area (Å²) in [6.45, 7) is 1.04. The molecule has 0 bridgehead atoms. The van der Waals surface area contributed by atoms with E-state index < -0.39 is 11.2 Å². The molecule has 3 aromatic rings. The van der Waals surface area contributed by atoms with Crippen molar-refractivity contribution in [1.29, 1.82) is 0 Å².